The van der Waals surface area contributed by atoms with Crippen molar-refractivity contribution < 1.29 is 59.4 Å². The van der Waals surface area contributed by atoms with Crippen molar-refractivity contribution in [3.8, 4) is 6.07 Å². The van der Waals surface area contributed by atoms with Crippen molar-refractivity contribution in [2.45, 2.75) is 43.1 Å². The van der Waals surface area contributed by atoms with E-state index in [9.17, 15) is 54.8 Å². The van der Waals surface area contributed by atoms with E-state index in [1.54, 1.807) is 0 Å². The molecule has 2 heterocycles. The molecule has 5 rings (SSSR count). The van der Waals surface area contributed by atoms with Crippen molar-refractivity contribution in [2.75, 3.05) is 25.3 Å². The van der Waals surface area contributed by atoms with Crippen molar-refractivity contribution in [2.24, 2.45) is 11.8 Å². The topological polar surface area (TPSA) is 143 Å². The fourth-order valence-electron chi connectivity index (χ4n) is 5.07. The number of nitrogens with one attached hydrogen (secondary N) is 1. The first-order valence-electron chi connectivity index (χ1n) is 13.5. The highest BCUT2D eigenvalue weighted by atomic mass is 35.5. The second kappa shape index (κ2) is 11.4. The summed E-state index contributed by atoms with van der Waals surface area (Å²) in [7, 11) is 1.20. The summed E-state index contributed by atoms with van der Waals surface area (Å²) in [5, 5.41) is 24.7. The number of amides is 1. The second-order valence-corrected chi connectivity index (χ2v) is 11.5. The van der Waals surface area contributed by atoms with Crippen molar-refractivity contribution in [3.05, 3.63) is 51.8 Å². The van der Waals surface area contributed by atoms with Crippen LogP contribution in [0.5, 0.6) is 0 Å². The van der Waals surface area contributed by atoms with Gasteiger partial charge in [-0.1, -0.05) is 17.7 Å². The molecule has 11 nitrogen and oxygen atoms in total. The van der Waals surface area contributed by atoms with E-state index in [1.165, 1.54) is 30.3 Å². The smallest absolute Gasteiger partial charge is 0.459 e. The quantitative estimate of drug-likeness (QED) is 0.206. The number of carboxylic acid groups (broad SMARTS) is 1. The van der Waals surface area contributed by atoms with Crippen LogP contribution in [0.2, 0.25) is 5.02 Å². The maximum atomic E-state index is 14.1. The predicted octanol–water partition coefficient (Wildman–Crippen LogP) is 5.16. The van der Waals surface area contributed by atoms with Gasteiger partial charge in [0.1, 0.15) is 16.8 Å². The molecule has 0 bridgehead atoms. The molecule has 20 heteroatoms. The Balaban J connectivity index is 1.45. The predicted molar refractivity (Wildman–Crippen MR) is 142 cm³/mol. The number of nitrogens with zero attached hydrogens (tertiary/aromatic N) is 5. The molecule has 47 heavy (non-hydrogen) atoms. The summed E-state index contributed by atoms with van der Waals surface area (Å²) in [6, 6.07) is 5.82. The van der Waals surface area contributed by atoms with Crippen molar-refractivity contribution in [1.29, 1.82) is 5.26 Å². The maximum absolute atomic E-state index is 14.1. The number of halogens is 9. The number of ether oxygens (including phenoxy) is 1. The Bertz CT molecular complexity index is 1710. The molecule has 1 amide bonds. The number of esters is 1. The number of aliphatic carboxylic acids is 1. The first-order valence-corrected chi connectivity index (χ1v) is 13.9. The number of hydrogen-bond donors (Lipinski definition) is 2. The zero-order valence-electron chi connectivity index (χ0n) is 23.7. The van der Waals surface area contributed by atoms with Crippen LogP contribution >= 0.6 is 11.6 Å². The number of benzene rings is 1. The first-order chi connectivity index (χ1) is 21.7. The Kier molecular flexibility index (Phi) is 8.20. The first kappa shape index (κ1) is 33.9. The molecule has 0 spiro atoms. The molecule has 2 saturated carbocycles. The Morgan fingerprint density at radius 2 is 1.83 bits per heavy atom. The molecule has 1 aliphatic heterocycles. The third-order valence-electron chi connectivity index (χ3n) is 7.97. The second-order valence-electron chi connectivity index (χ2n) is 11.1. The number of carbonyl (C=O) groups excluding carboxylic acids is 2. The minimum atomic E-state index is -6.36. The summed E-state index contributed by atoms with van der Waals surface area (Å²) in [4.78, 5) is 38.1. The molecule has 2 aromatic rings. The fraction of sp³-hybridized carbons (Fsp3) is 0.444. The maximum Gasteiger partial charge on any atom is 0.459 e. The van der Waals surface area contributed by atoms with Gasteiger partial charge in [-0.05, 0) is 42.5 Å². The Labute approximate surface area is 263 Å². The van der Waals surface area contributed by atoms with Gasteiger partial charge in [0.2, 0.25) is 0 Å². The largest absolute Gasteiger partial charge is 0.481 e. The van der Waals surface area contributed by atoms with Gasteiger partial charge in [-0.3, -0.25) is 29.4 Å². The Morgan fingerprint density at radius 1 is 1.17 bits per heavy atom. The Hall–Kier alpha value is -4.44. The lowest BCUT2D eigenvalue weighted by Gasteiger charge is -2.27. The molecule has 1 aromatic carbocycles. The van der Waals surface area contributed by atoms with E-state index in [1.807, 2.05) is 6.07 Å². The minimum absolute atomic E-state index is 0.0504. The molecular formula is C27H21ClF8N6O5. The van der Waals surface area contributed by atoms with Gasteiger partial charge in [0, 0.05) is 19.8 Å². The number of aromatic amines is 1. The number of likely N-dealkylation sites (N-methyl/N-ethyl adjacent to an activating group) is 1. The number of carbonyl (C=O) groups is 3. The molecule has 3 aliphatic rings. The molecule has 1 aromatic heterocycles. The normalized spacial score (nSPS) is 20.8. The fourth-order valence-corrected chi connectivity index (χ4v) is 5.27. The van der Waals surface area contributed by atoms with Gasteiger partial charge in [0.15, 0.2) is 12.5 Å². The minimum Gasteiger partial charge on any atom is -0.481 e. The Morgan fingerprint density at radius 3 is 2.36 bits per heavy atom. The van der Waals surface area contributed by atoms with E-state index < -0.39 is 77.3 Å². The highest BCUT2D eigenvalue weighted by Gasteiger charge is 2.64. The molecule has 0 saturated heterocycles. The lowest BCUT2D eigenvalue weighted by molar-refractivity contribution is -0.292. The van der Waals surface area contributed by atoms with Crippen molar-refractivity contribution >= 4 is 40.8 Å². The molecular weight excluding hydrogens is 676 g/mol. The van der Waals surface area contributed by atoms with Crippen LogP contribution < -0.4 is 5.01 Å². The van der Waals surface area contributed by atoms with Crippen LogP contribution in [0.15, 0.2) is 24.4 Å². The standard InChI is InChI=1S/C27H21ClF8N6O5/c1-40-8-13(9-42(40)20-18(26(31,32)33)19(38-39-20)25(29,30)27(34,35)36)12-2-3-17(28)16(6-12)21(43)41(24(10-37)4-5-24)11-47-23(46)15-7-14(15)22(44)45/h2-3,6,9,14-15H,4-5,7-8,11H2,1H3,(H,38,39)(H,44,45). The summed E-state index contributed by atoms with van der Waals surface area (Å²) in [5.41, 5.74) is -6.09. The molecule has 2 fully saturated rings. The SMILES string of the molecule is CN1CC(c2ccc(Cl)c(C(=O)N(COC(=O)C3CC3C(=O)O)C3(C#N)CC3)c2)=CN1c1n[nH]c(C(F)(F)C(F)(F)F)c1C(F)(F)F. The van der Waals surface area contributed by atoms with Crippen molar-refractivity contribution in [1.82, 2.24) is 20.1 Å². The number of carboxylic acids is 1. The van der Waals surface area contributed by atoms with E-state index in [2.05, 4.69) is 5.10 Å². The zero-order valence-corrected chi connectivity index (χ0v) is 24.5. The van der Waals surface area contributed by atoms with Gasteiger partial charge in [-0.25, -0.2) is 5.01 Å². The summed E-state index contributed by atoms with van der Waals surface area (Å²) in [6.45, 7) is -0.946. The lowest BCUT2D eigenvalue weighted by atomic mass is 10.0. The lowest BCUT2D eigenvalue weighted by Crippen LogP contribution is -2.43. The van der Waals surface area contributed by atoms with Crippen LogP contribution in [0.1, 0.15) is 46.4 Å². The van der Waals surface area contributed by atoms with E-state index >= 15 is 0 Å². The van der Waals surface area contributed by atoms with Gasteiger partial charge >= 0.3 is 30.2 Å². The number of rotatable bonds is 9. The van der Waals surface area contributed by atoms with Crippen LogP contribution in [0.25, 0.3) is 5.57 Å². The number of nitriles is 1. The molecule has 0 radical (unpaired) electrons. The van der Waals surface area contributed by atoms with E-state index in [-0.39, 0.29) is 47.5 Å². The summed E-state index contributed by atoms with van der Waals surface area (Å²) >= 11 is 6.29. The highest BCUT2D eigenvalue weighted by Crippen LogP contribution is 2.50. The third kappa shape index (κ3) is 6.06. The van der Waals surface area contributed by atoms with E-state index in [0.717, 1.165) is 16.1 Å². The van der Waals surface area contributed by atoms with E-state index in [4.69, 9.17) is 21.4 Å². The number of hydrogen-bond acceptors (Lipinski definition) is 8. The molecule has 2 aliphatic carbocycles. The molecule has 2 atom stereocenters. The van der Waals surface area contributed by atoms with Crippen LogP contribution in [-0.2, 0) is 26.4 Å². The average molecular weight is 697 g/mol. The molecule has 2 unspecified atom stereocenters. The van der Waals surface area contributed by atoms with Gasteiger partial charge < -0.3 is 9.84 Å². The average Bonchev–Trinajstić information content (AvgIpc) is 3.87. The van der Waals surface area contributed by atoms with Crippen LogP contribution in [0.4, 0.5) is 40.9 Å². The number of anilines is 1. The monoisotopic (exact) mass is 696 g/mol. The van der Waals surface area contributed by atoms with Gasteiger partial charge in [-0.15, -0.1) is 0 Å². The van der Waals surface area contributed by atoms with E-state index in [0.29, 0.717) is 5.01 Å². The van der Waals surface area contributed by atoms with Crippen molar-refractivity contribution in [3.63, 3.8) is 0 Å². The molecule has 252 valence electrons. The van der Waals surface area contributed by atoms with Crippen LogP contribution in [0.3, 0.4) is 0 Å². The number of hydrazine groups is 1. The third-order valence-corrected chi connectivity index (χ3v) is 8.30. The van der Waals surface area contributed by atoms with Gasteiger partial charge in [-0.2, -0.15) is 45.5 Å². The van der Waals surface area contributed by atoms with Crippen LogP contribution in [-0.4, -0.2) is 75.1 Å². The van der Waals surface area contributed by atoms with Crippen LogP contribution in [0, 0.1) is 23.2 Å². The number of aromatic nitrogens is 2. The zero-order chi connectivity index (χ0) is 34.9. The highest BCUT2D eigenvalue weighted by molar-refractivity contribution is 6.34. The van der Waals surface area contributed by atoms with Gasteiger partial charge in [0.25, 0.3) is 5.91 Å². The number of H-pyrrole nitrogens is 1. The number of alkyl halides is 8. The molecule has 2 N–H and O–H groups in total. The van der Waals surface area contributed by atoms with Gasteiger partial charge in [0.05, 0.1) is 28.5 Å². The summed E-state index contributed by atoms with van der Waals surface area (Å²) < 4.78 is 114. The summed E-state index contributed by atoms with van der Waals surface area (Å²) in [6.07, 6.45) is -10.6. The summed E-state index contributed by atoms with van der Waals surface area (Å²) in [5.74, 6) is -12.0.